The number of esters is 1. The molecule has 0 aliphatic rings. The van der Waals surface area contributed by atoms with Crippen molar-refractivity contribution in [2.24, 2.45) is 0 Å². The van der Waals surface area contributed by atoms with E-state index < -0.39 is 0 Å². The Morgan fingerprint density at radius 2 is 1.88 bits per heavy atom. The lowest BCUT2D eigenvalue weighted by Gasteiger charge is -2.13. The number of hydrogen-bond acceptors (Lipinski definition) is 3. The monoisotopic (exact) mass is 221 g/mol. The van der Waals surface area contributed by atoms with Gasteiger partial charge in [0.2, 0.25) is 0 Å². The van der Waals surface area contributed by atoms with Gasteiger partial charge in [-0.2, -0.15) is 0 Å². The minimum absolute atomic E-state index is 0.0627. The third-order valence-electron chi connectivity index (χ3n) is 2.26. The predicted octanol–water partition coefficient (Wildman–Crippen LogP) is 2.67. The third-order valence-corrected chi connectivity index (χ3v) is 2.26. The molecule has 0 amide bonds. The van der Waals surface area contributed by atoms with Crippen LogP contribution in [0.1, 0.15) is 25.0 Å². The van der Waals surface area contributed by atoms with E-state index in [0.29, 0.717) is 0 Å². The number of nitrogens with one attached hydrogen (secondary N) is 1. The number of carbonyl (C=O) groups is 1. The zero-order chi connectivity index (χ0) is 12.1. The smallest absolute Gasteiger partial charge is 0.325 e. The van der Waals surface area contributed by atoms with Crippen molar-refractivity contribution in [1.82, 2.24) is 0 Å². The van der Waals surface area contributed by atoms with E-state index in [9.17, 15) is 4.79 Å². The van der Waals surface area contributed by atoms with Crippen LogP contribution in [0.3, 0.4) is 0 Å². The van der Waals surface area contributed by atoms with Crippen molar-refractivity contribution in [2.45, 2.75) is 33.8 Å². The molecule has 1 rings (SSSR count). The molecule has 0 saturated heterocycles. The summed E-state index contributed by atoms with van der Waals surface area (Å²) < 4.78 is 5.05. The summed E-state index contributed by atoms with van der Waals surface area (Å²) in [5.41, 5.74) is 3.29. The first-order valence-corrected chi connectivity index (χ1v) is 5.50. The van der Waals surface area contributed by atoms with Crippen molar-refractivity contribution < 1.29 is 9.53 Å². The van der Waals surface area contributed by atoms with Crippen LogP contribution < -0.4 is 5.32 Å². The topological polar surface area (TPSA) is 38.3 Å². The Balaban J connectivity index is 2.58. The lowest BCUT2D eigenvalue weighted by Crippen LogP contribution is -2.20. The maximum atomic E-state index is 11.4. The summed E-state index contributed by atoms with van der Waals surface area (Å²) in [5.74, 6) is -0.224. The summed E-state index contributed by atoms with van der Waals surface area (Å²) in [4.78, 5) is 11.4. The maximum Gasteiger partial charge on any atom is 0.325 e. The SMILES string of the molecule is Cc1cccc(C)c1NCC(=O)OC(C)C. The molecule has 16 heavy (non-hydrogen) atoms. The van der Waals surface area contributed by atoms with E-state index in [-0.39, 0.29) is 18.6 Å². The standard InChI is InChI=1S/C13H19NO2/c1-9(2)16-12(15)8-14-13-10(3)6-5-7-11(13)4/h5-7,9,14H,8H2,1-4H3. The Bertz CT molecular complexity index is 352. The fourth-order valence-electron chi connectivity index (χ4n) is 1.56. The molecule has 0 aliphatic heterocycles. The molecule has 0 radical (unpaired) electrons. The molecule has 88 valence electrons. The average molecular weight is 221 g/mol. The summed E-state index contributed by atoms with van der Waals surface area (Å²) >= 11 is 0. The van der Waals surface area contributed by atoms with Gasteiger partial charge < -0.3 is 10.1 Å². The van der Waals surface area contributed by atoms with E-state index in [1.54, 1.807) is 0 Å². The summed E-state index contributed by atoms with van der Waals surface area (Å²) in [6, 6.07) is 6.04. The highest BCUT2D eigenvalue weighted by Crippen LogP contribution is 2.18. The van der Waals surface area contributed by atoms with Gasteiger partial charge in [-0.3, -0.25) is 4.79 Å². The first-order valence-electron chi connectivity index (χ1n) is 5.50. The Hall–Kier alpha value is -1.51. The van der Waals surface area contributed by atoms with E-state index >= 15 is 0 Å². The molecule has 0 fully saturated rings. The molecule has 0 bridgehead atoms. The predicted molar refractivity (Wildman–Crippen MR) is 65.6 cm³/mol. The molecule has 0 aromatic heterocycles. The zero-order valence-corrected chi connectivity index (χ0v) is 10.3. The van der Waals surface area contributed by atoms with E-state index in [4.69, 9.17) is 4.74 Å². The second-order valence-electron chi connectivity index (χ2n) is 4.16. The van der Waals surface area contributed by atoms with Crippen LogP contribution in [0.5, 0.6) is 0 Å². The van der Waals surface area contributed by atoms with Gasteiger partial charge >= 0.3 is 5.97 Å². The lowest BCUT2D eigenvalue weighted by atomic mass is 10.1. The molecule has 3 heteroatoms. The van der Waals surface area contributed by atoms with Crippen molar-refractivity contribution in [1.29, 1.82) is 0 Å². The summed E-state index contributed by atoms with van der Waals surface area (Å²) in [6.45, 7) is 7.93. The summed E-state index contributed by atoms with van der Waals surface area (Å²) in [6.07, 6.45) is -0.0627. The maximum absolute atomic E-state index is 11.4. The highest BCUT2D eigenvalue weighted by atomic mass is 16.5. The van der Waals surface area contributed by atoms with Crippen molar-refractivity contribution in [3.05, 3.63) is 29.3 Å². The van der Waals surface area contributed by atoms with E-state index in [0.717, 1.165) is 16.8 Å². The van der Waals surface area contributed by atoms with Crippen molar-refractivity contribution in [2.75, 3.05) is 11.9 Å². The molecule has 0 saturated carbocycles. The average Bonchev–Trinajstić information content (AvgIpc) is 2.15. The number of anilines is 1. The lowest BCUT2D eigenvalue weighted by molar-refractivity contribution is -0.145. The fourth-order valence-corrected chi connectivity index (χ4v) is 1.56. The number of para-hydroxylation sites is 1. The second kappa shape index (κ2) is 5.54. The van der Waals surface area contributed by atoms with Crippen LogP contribution in [0.15, 0.2) is 18.2 Å². The van der Waals surface area contributed by atoms with Crippen molar-refractivity contribution >= 4 is 11.7 Å². The molecule has 1 aromatic rings. The van der Waals surface area contributed by atoms with Gasteiger partial charge in [-0.05, 0) is 38.8 Å². The van der Waals surface area contributed by atoms with E-state index in [2.05, 4.69) is 5.32 Å². The molecule has 0 aliphatic carbocycles. The summed E-state index contributed by atoms with van der Waals surface area (Å²) in [7, 11) is 0. The van der Waals surface area contributed by atoms with Crippen LogP contribution in [-0.4, -0.2) is 18.6 Å². The van der Waals surface area contributed by atoms with Gasteiger partial charge in [-0.25, -0.2) is 0 Å². The first kappa shape index (κ1) is 12.6. The Kier molecular flexibility index (Phi) is 4.35. The van der Waals surface area contributed by atoms with Crippen LogP contribution in [0.2, 0.25) is 0 Å². The van der Waals surface area contributed by atoms with Gasteiger partial charge in [0.15, 0.2) is 0 Å². The third kappa shape index (κ3) is 3.57. The van der Waals surface area contributed by atoms with E-state index in [1.807, 2.05) is 45.9 Å². The largest absolute Gasteiger partial charge is 0.462 e. The van der Waals surface area contributed by atoms with Crippen LogP contribution in [0.25, 0.3) is 0 Å². The van der Waals surface area contributed by atoms with Crippen LogP contribution in [0, 0.1) is 13.8 Å². The van der Waals surface area contributed by atoms with E-state index in [1.165, 1.54) is 0 Å². The highest BCUT2D eigenvalue weighted by Gasteiger charge is 2.07. The Labute approximate surface area is 96.8 Å². The van der Waals surface area contributed by atoms with Gasteiger partial charge in [-0.1, -0.05) is 18.2 Å². The molecular formula is C13H19NO2. The highest BCUT2D eigenvalue weighted by molar-refractivity contribution is 5.76. The number of ether oxygens (including phenoxy) is 1. The molecule has 0 atom stereocenters. The number of aryl methyl sites for hydroxylation is 2. The summed E-state index contributed by atoms with van der Waals surface area (Å²) in [5, 5.41) is 3.11. The number of rotatable bonds is 4. The Morgan fingerprint density at radius 1 is 1.31 bits per heavy atom. The minimum Gasteiger partial charge on any atom is -0.462 e. The normalized spacial score (nSPS) is 10.3. The van der Waals surface area contributed by atoms with Crippen LogP contribution in [-0.2, 0) is 9.53 Å². The molecule has 0 spiro atoms. The van der Waals surface area contributed by atoms with Crippen molar-refractivity contribution in [3.63, 3.8) is 0 Å². The van der Waals surface area contributed by atoms with Gasteiger partial charge in [0.1, 0.15) is 6.54 Å². The second-order valence-corrected chi connectivity index (χ2v) is 4.16. The molecule has 0 heterocycles. The quantitative estimate of drug-likeness (QED) is 0.794. The van der Waals surface area contributed by atoms with Crippen LogP contribution in [0.4, 0.5) is 5.69 Å². The molecule has 1 N–H and O–H groups in total. The Morgan fingerprint density at radius 3 is 2.38 bits per heavy atom. The van der Waals surface area contributed by atoms with Crippen LogP contribution >= 0.6 is 0 Å². The molecule has 3 nitrogen and oxygen atoms in total. The van der Waals surface area contributed by atoms with Gasteiger partial charge in [0.05, 0.1) is 6.10 Å². The zero-order valence-electron chi connectivity index (χ0n) is 10.3. The molecule has 0 unspecified atom stereocenters. The van der Waals surface area contributed by atoms with Gasteiger partial charge in [-0.15, -0.1) is 0 Å². The number of carbonyl (C=O) groups excluding carboxylic acids is 1. The van der Waals surface area contributed by atoms with Gasteiger partial charge in [0, 0.05) is 5.69 Å². The fraction of sp³-hybridized carbons (Fsp3) is 0.462. The van der Waals surface area contributed by atoms with Gasteiger partial charge in [0.25, 0.3) is 0 Å². The minimum atomic E-state index is -0.224. The first-order chi connectivity index (χ1) is 7.50. The van der Waals surface area contributed by atoms with Crippen molar-refractivity contribution in [3.8, 4) is 0 Å². The molecular weight excluding hydrogens is 202 g/mol. The molecule has 1 aromatic carbocycles. The number of benzene rings is 1. The number of hydrogen-bond donors (Lipinski definition) is 1.